The average molecular weight is 177 g/mol. The zero-order valence-electron chi connectivity index (χ0n) is 7.02. The molecule has 0 saturated heterocycles. The standard InChI is InChI=1S/C8H7N3O2/c1-13-8(12)6-4-7(2-3-9)11-10-5-6/h4-5H,2H2,1H3. The molecule has 5 heteroatoms. The number of carbonyl (C=O) groups excluding carboxylic acids is 1. The molecule has 0 fully saturated rings. The van der Waals surface area contributed by atoms with E-state index in [1.54, 1.807) is 0 Å². The van der Waals surface area contributed by atoms with Crippen LogP contribution in [0.2, 0.25) is 0 Å². The number of methoxy groups -OCH3 is 1. The molecular weight excluding hydrogens is 170 g/mol. The Kier molecular flexibility index (Phi) is 2.92. The number of nitriles is 1. The van der Waals surface area contributed by atoms with E-state index in [4.69, 9.17) is 5.26 Å². The minimum Gasteiger partial charge on any atom is -0.465 e. The van der Waals surface area contributed by atoms with Gasteiger partial charge in [0, 0.05) is 0 Å². The van der Waals surface area contributed by atoms with Crippen LogP contribution in [0.4, 0.5) is 0 Å². The molecule has 1 aromatic rings. The number of aromatic nitrogens is 2. The Morgan fingerprint density at radius 1 is 1.77 bits per heavy atom. The van der Waals surface area contributed by atoms with Gasteiger partial charge >= 0.3 is 5.97 Å². The molecule has 0 aliphatic heterocycles. The van der Waals surface area contributed by atoms with E-state index in [1.165, 1.54) is 19.4 Å². The number of nitrogens with zero attached hydrogens (tertiary/aromatic N) is 3. The summed E-state index contributed by atoms with van der Waals surface area (Å²) in [5.41, 5.74) is 0.771. The molecule has 0 aromatic carbocycles. The summed E-state index contributed by atoms with van der Waals surface area (Å²) in [6.07, 6.45) is 1.44. The number of hydrogen-bond donors (Lipinski definition) is 0. The number of carbonyl (C=O) groups is 1. The van der Waals surface area contributed by atoms with Crippen molar-refractivity contribution in [3.05, 3.63) is 23.5 Å². The summed E-state index contributed by atoms with van der Waals surface area (Å²) >= 11 is 0. The van der Waals surface area contributed by atoms with Gasteiger partial charge in [0.05, 0.1) is 37.1 Å². The molecule has 0 amide bonds. The van der Waals surface area contributed by atoms with Gasteiger partial charge in [-0.15, -0.1) is 0 Å². The van der Waals surface area contributed by atoms with Crippen molar-refractivity contribution < 1.29 is 9.53 Å². The molecule has 5 nitrogen and oxygen atoms in total. The van der Waals surface area contributed by atoms with E-state index in [1.807, 2.05) is 6.07 Å². The van der Waals surface area contributed by atoms with Crippen LogP contribution in [0.5, 0.6) is 0 Å². The van der Waals surface area contributed by atoms with Gasteiger partial charge in [-0.2, -0.15) is 15.5 Å². The maximum Gasteiger partial charge on any atom is 0.339 e. The van der Waals surface area contributed by atoms with E-state index in [9.17, 15) is 4.79 Å². The predicted octanol–water partition coefficient (Wildman–Crippen LogP) is 0.329. The number of rotatable bonds is 2. The predicted molar refractivity (Wildman–Crippen MR) is 42.7 cm³/mol. The van der Waals surface area contributed by atoms with Crippen molar-refractivity contribution in [2.45, 2.75) is 6.42 Å². The zero-order valence-corrected chi connectivity index (χ0v) is 7.02. The molecule has 0 atom stereocenters. The molecule has 0 aliphatic rings. The minimum absolute atomic E-state index is 0.137. The van der Waals surface area contributed by atoms with Crippen LogP contribution in [0.15, 0.2) is 12.3 Å². The van der Waals surface area contributed by atoms with E-state index in [0.717, 1.165) is 0 Å². The minimum atomic E-state index is -0.478. The van der Waals surface area contributed by atoms with Crippen LogP contribution in [0.1, 0.15) is 16.1 Å². The Bertz CT molecular complexity index is 357. The summed E-state index contributed by atoms with van der Waals surface area (Å²) < 4.78 is 4.48. The van der Waals surface area contributed by atoms with Crippen molar-refractivity contribution in [1.82, 2.24) is 10.2 Å². The molecule has 0 unspecified atom stereocenters. The first-order valence-electron chi connectivity index (χ1n) is 3.55. The number of hydrogen-bond acceptors (Lipinski definition) is 5. The molecule has 1 rings (SSSR count). The molecule has 0 bridgehead atoms. The van der Waals surface area contributed by atoms with Crippen LogP contribution in [-0.4, -0.2) is 23.3 Å². The molecule has 13 heavy (non-hydrogen) atoms. The van der Waals surface area contributed by atoms with Crippen LogP contribution in [0, 0.1) is 11.3 Å². The lowest BCUT2D eigenvalue weighted by Crippen LogP contribution is -2.04. The van der Waals surface area contributed by atoms with Crippen LogP contribution in [-0.2, 0) is 11.2 Å². The first-order chi connectivity index (χ1) is 6.27. The molecular formula is C8H7N3O2. The Morgan fingerprint density at radius 2 is 2.54 bits per heavy atom. The third kappa shape index (κ3) is 2.24. The fraction of sp³-hybridized carbons (Fsp3) is 0.250. The van der Waals surface area contributed by atoms with Gasteiger partial charge in [-0.3, -0.25) is 0 Å². The lowest BCUT2D eigenvalue weighted by Gasteiger charge is -1.98. The second-order valence-corrected chi connectivity index (χ2v) is 2.26. The van der Waals surface area contributed by atoms with E-state index in [2.05, 4.69) is 14.9 Å². The van der Waals surface area contributed by atoms with Gasteiger partial charge in [0.2, 0.25) is 0 Å². The Hall–Kier alpha value is -1.96. The molecule has 1 aromatic heterocycles. The third-order valence-electron chi connectivity index (χ3n) is 1.39. The molecule has 66 valence electrons. The van der Waals surface area contributed by atoms with Crippen LogP contribution < -0.4 is 0 Å². The van der Waals surface area contributed by atoms with Gasteiger partial charge in [0.15, 0.2) is 0 Å². The molecule has 1 heterocycles. The van der Waals surface area contributed by atoms with Gasteiger partial charge in [-0.25, -0.2) is 4.79 Å². The normalized spacial score (nSPS) is 8.92. The fourth-order valence-corrected chi connectivity index (χ4v) is 0.808. The van der Waals surface area contributed by atoms with E-state index >= 15 is 0 Å². The molecule has 0 saturated carbocycles. The molecule has 0 radical (unpaired) electrons. The van der Waals surface area contributed by atoms with Crippen LogP contribution >= 0.6 is 0 Å². The summed E-state index contributed by atoms with van der Waals surface area (Å²) in [6, 6.07) is 3.40. The summed E-state index contributed by atoms with van der Waals surface area (Å²) in [7, 11) is 1.28. The fourth-order valence-electron chi connectivity index (χ4n) is 0.808. The van der Waals surface area contributed by atoms with E-state index in [0.29, 0.717) is 11.3 Å². The van der Waals surface area contributed by atoms with Crippen LogP contribution in [0.25, 0.3) is 0 Å². The highest BCUT2D eigenvalue weighted by Crippen LogP contribution is 2.01. The Balaban J connectivity index is 2.93. The monoisotopic (exact) mass is 177 g/mol. The molecule has 0 N–H and O–H groups in total. The first-order valence-corrected chi connectivity index (χ1v) is 3.55. The van der Waals surface area contributed by atoms with Crippen molar-refractivity contribution in [2.24, 2.45) is 0 Å². The molecule has 0 aliphatic carbocycles. The van der Waals surface area contributed by atoms with Crippen molar-refractivity contribution in [3.8, 4) is 6.07 Å². The van der Waals surface area contributed by atoms with Gasteiger partial charge in [0.1, 0.15) is 0 Å². The van der Waals surface area contributed by atoms with Gasteiger partial charge in [-0.1, -0.05) is 0 Å². The second-order valence-electron chi connectivity index (χ2n) is 2.26. The highest BCUT2D eigenvalue weighted by molar-refractivity contribution is 5.88. The first kappa shape index (κ1) is 9.13. The van der Waals surface area contributed by atoms with E-state index < -0.39 is 5.97 Å². The highest BCUT2D eigenvalue weighted by atomic mass is 16.5. The lowest BCUT2D eigenvalue weighted by molar-refractivity contribution is 0.0600. The largest absolute Gasteiger partial charge is 0.465 e. The van der Waals surface area contributed by atoms with Crippen LogP contribution in [0.3, 0.4) is 0 Å². The van der Waals surface area contributed by atoms with Gasteiger partial charge in [-0.05, 0) is 6.07 Å². The molecule has 0 spiro atoms. The van der Waals surface area contributed by atoms with E-state index in [-0.39, 0.29) is 6.42 Å². The summed E-state index contributed by atoms with van der Waals surface area (Å²) in [4.78, 5) is 11.0. The summed E-state index contributed by atoms with van der Waals surface area (Å²) in [5, 5.41) is 15.6. The lowest BCUT2D eigenvalue weighted by atomic mass is 10.2. The topological polar surface area (TPSA) is 75.9 Å². The highest BCUT2D eigenvalue weighted by Gasteiger charge is 2.06. The zero-order chi connectivity index (χ0) is 9.68. The maximum absolute atomic E-state index is 11.0. The quantitative estimate of drug-likeness (QED) is 0.608. The summed E-state index contributed by atoms with van der Waals surface area (Å²) in [6.45, 7) is 0. The van der Waals surface area contributed by atoms with Crippen molar-refractivity contribution in [2.75, 3.05) is 7.11 Å². The number of ether oxygens (including phenoxy) is 1. The van der Waals surface area contributed by atoms with Gasteiger partial charge < -0.3 is 4.74 Å². The van der Waals surface area contributed by atoms with Crippen molar-refractivity contribution in [1.29, 1.82) is 5.26 Å². The third-order valence-corrected chi connectivity index (χ3v) is 1.39. The Morgan fingerprint density at radius 3 is 3.15 bits per heavy atom. The van der Waals surface area contributed by atoms with Crippen molar-refractivity contribution in [3.63, 3.8) is 0 Å². The SMILES string of the molecule is COC(=O)c1cnnc(CC#N)c1. The second kappa shape index (κ2) is 4.16. The number of esters is 1. The Labute approximate surface area is 75.0 Å². The van der Waals surface area contributed by atoms with Gasteiger partial charge in [0.25, 0.3) is 0 Å². The van der Waals surface area contributed by atoms with Crippen molar-refractivity contribution >= 4 is 5.97 Å². The summed E-state index contributed by atoms with van der Waals surface area (Å²) in [5.74, 6) is -0.478. The smallest absolute Gasteiger partial charge is 0.339 e. The average Bonchev–Trinajstić information content (AvgIpc) is 2.18. The maximum atomic E-state index is 11.0.